The topological polar surface area (TPSA) is 42.0 Å². The van der Waals surface area contributed by atoms with Gasteiger partial charge in [-0.05, 0) is 43.5 Å². The molecule has 2 saturated heterocycles. The lowest BCUT2D eigenvalue weighted by Gasteiger charge is -2.24. The second-order valence-corrected chi connectivity index (χ2v) is 6.64. The monoisotopic (exact) mass is 372 g/mol. The van der Waals surface area contributed by atoms with Gasteiger partial charge in [0.1, 0.15) is 11.9 Å². The molecule has 2 amide bonds. The summed E-state index contributed by atoms with van der Waals surface area (Å²) in [6, 6.07) is 6.07. The molecule has 3 rings (SSSR count). The average molecular weight is 373 g/mol. The molecule has 2 aliphatic heterocycles. The Morgan fingerprint density at radius 2 is 1.89 bits per heavy atom. The van der Waals surface area contributed by atoms with E-state index in [1.807, 2.05) is 48.8 Å². The highest BCUT2D eigenvalue weighted by Crippen LogP contribution is 2.26. The fourth-order valence-electron chi connectivity index (χ4n) is 3.50. The molecule has 0 aromatic heterocycles. The van der Waals surface area contributed by atoms with E-state index in [-0.39, 0.29) is 12.1 Å². The predicted molar refractivity (Wildman–Crippen MR) is 109 cm³/mol. The van der Waals surface area contributed by atoms with E-state index < -0.39 is 0 Å². The molecule has 27 heavy (non-hydrogen) atoms. The van der Waals surface area contributed by atoms with Crippen LogP contribution in [0.25, 0.3) is 5.76 Å². The summed E-state index contributed by atoms with van der Waals surface area (Å²) in [4.78, 5) is 16.3. The van der Waals surface area contributed by atoms with Gasteiger partial charge in [-0.2, -0.15) is 0 Å². The maximum atomic E-state index is 12.5. The van der Waals surface area contributed by atoms with E-state index in [0.29, 0.717) is 12.3 Å². The summed E-state index contributed by atoms with van der Waals surface area (Å²) < 4.78 is 11.4. The Morgan fingerprint density at radius 1 is 1.19 bits per heavy atom. The third-order valence-electron chi connectivity index (χ3n) is 4.89. The first kappa shape index (κ1) is 20.9. The first-order valence-electron chi connectivity index (χ1n) is 9.88. The van der Waals surface area contributed by atoms with Crippen molar-refractivity contribution in [1.29, 1.82) is 0 Å². The summed E-state index contributed by atoms with van der Waals surface area (Å²) in [5, 5.41) is 0. The van der Waals surface area contributed by atoms with E-state index in [4.69, 9.17) is 9.47 Å². The molecule has 2 fully saturated rings. The number of amides is 2. The average Bonchev–Trinajstić information content (AvgIpc) is 3.38. The number of ether oxygens (including phenoxy) is 2. The van der Waals surface area contributed by atoms with Crippen molar-refractivity contribution in [3.63, 3.8) is 0 Å². The lowest BCUT2D eigenvalue weighted by atomic mass is 10.1. The summed E-state index contributed by atoms with van der Waals surface area (Å²) in [6.45, 7) is 12.9. The van der Waals surface area contributed by atoms with Gasteiger partial charge in [0.2, 0.25) is 0 Å². The van der Waals surface area contributed by atoms with Crippen LogP contribution >= 0.6 is 0 Å². The number of carbonyl (C=O) groups is 1. The molecule has 0 bridgehead atoms. The molecular weight excluding hydrogens is 340 g/mol. The second kappa shape index (κ2) is 10.1. The number of benzene rings is 1. The van der Waals surface area contributed by atoms with Crippen molar-refractivity contribution in [3.05, 3.63) is 41.6 Å². The number of carbonyl (C=O) groups excluding carboxylic acids is 1. The highest BCUT2D eigenvalue weighted by atomic mass is 16.5. The summed E-state index contributed by atoms with van der Waals surface area (Å²) in [7, 11) is 1.61. The van der Waals surface area contributed by atoms with Crippen molar-refractivity contribution in [2.24, 2.45) is 0 Å². The fourth-order valence-corrected chi connectivity index (χ4v) is 3.50. The van der Waals surface area contributed by atoms with Gasteiger partial charge in [-0.15, -0.1) is 0 Å². The van der Waals surface area contributed by atoms with Crippen molar-refractivity contribution in [1.82, 2.24) is 9.80 Å². The second-order valence-electron chi connectivity index (χ2n) is 6.64. The number of nitrogens with zero attached hydrogens (tertiary/aromatic N) is 2. The maximum absolute atomic E-state index is 12.5. The molecule has 1 atom stereocenters. The van der Waals surface area contributed by atoms with Gasteiger partial charge in [-0.1, -0.05) is 26.2 Å². The minimum Gasteiger partial charge on any atom is -0.489 e. The standard InChI is InChI=1S/C20H26N2O3.C2H6/c1-4-18(24-3)16-7-8-19(15(2)13-16)25-17-9-12-22(14-17)20(23)21-10-5-6-11-21;1-2/h7-8,13,17H,1,5-6,9-12,14H2,2-3H3;1-2H3/t17-;/m0./s1. The summed E-state index contributed by atoms with van der Waals surface area (Å²) in [5.41, 5.74) is 4.75. The van der Waals surface area contributed by atoms with Crippen LogP contribution in [0.2, 0.25) is 0 Å². The number of hydrogen-bond donors (Lipinski definition) is 0. The number of aryl methyl sites for hydroxylation is 1. The van der Waals surface area contributed by atoms with Gasteiger partial charge in [0.15, 0.2) is 5.76 Å². The third-order valence-corrected chi connectivity index (χ3v) is 4.89. The van der Waals surface area contributed by atoms with Crippen LogP contribution in [0, 0.1) is 6.92 Å². The Kier molecular flexibility index (Phi) is 7.81. The van der Waals surface area contributed by atoms with Gasteiger partial charge in [-0.3, -0.25) is 0 Å². The molecule has 5 nitrogen and oxygen atoms in total. The molecule has 148 valence electrons. The summed E-state index contributed by atoms with van der Waals surface area (Å²) in [6.07, 6.45) is 3.16. The first-order valence-corrected chi connectivity index (χ1v) is 9.88. The molecule has 0 aliphatic carbocycles. The van der Waals surface area contributed by atoms with Gasteiger partial charge in [-0.25, -0.2) is 4.79 Å². The lowest BCUT2D eigenvalue weighted by molar-refractivity contribution is 0.160. The maximum Gasteiger partial charge on any atom is 0.320 e. The van der Waals surface area contributed by atoms with Crippen molar-refractivity contribution >= 4 is 11.8 Å². The normalized spacial score (nSPS) is 18.4. The van der Waals surface area contributed by atoms with Crippen LogP contribution in [0.3, 0.4) is 0 Å². The van der Waals surface area contributed by atoms with E-state index in [1.54, 1.807) is 7.11 Å². The zero-order chi connectivity index (χ0) is 19.8. The Labute approximate surface area is 163 Å². The van der Waals surface area contributed by atoms with Gasteiger partial charge in [0, 0.05) is 31.6 Å². The highest BCUT2D eigenvalue weighted by Gasteiger charge is 2.31. The zero-order valence-electron chi connectivity index (χ0n) is 17.1. The lowest BCUT2D eigenvalue weighted by Crippen LogP contribution is -2.41. The first-order chi connectivity index (χ1) is 13.1. The Hall–Kier alpha value is -2.39. The smallest absolute Gasteiger partial charge is 0.320 e. The number of hydrogen-bond acceptors (Lipinski definition) is 3. The fraction of sp³-hybridized carbons (Fsp3) is 0.545. The van der Waals surface area contributed by atoms with Gasteiger partial charge < -0.3 is 19.3 Å². The van der Waals surface area contributed by atoms with Gasteiger partial charge >= 0.3 is 6.03 Å². The Balaban J connectivity index is 0.00000126. The van der Waals surface area contributed by atoms with Gasteiger partial charge in [0.05, 0.1) is 13.7 Å². The van der Waals surface area contributed by atoms with E-state index >= 15 is 0 Å². The highest BCUT2D eigenvalue weighted by molar-refractivity contribution is 5.75. The van der Waals surface area contributed by atoms with E-state index in [0.717, 1.165) is 55.8 Å². The Morgan fingerprint density at radius 3 is 2.48 bits per heavy atom. The quantitative estimate of drug-likeness (QED) is 0.579. The molecule has 0 spiro atoms. The molecule has 0 saturated carbocycles. The SMILES string of the molecule is C=C=C(OC)c1ccc(O[C@H]2CCN(C(=O)N3CCCC3)C2)c(C)c1.CC. The number of methoxy groups -OCH3 is 1. The zero-order valence-corrected chi connectivity index (χ0v) is 17.1. The van der Waals surface area contributed by atoms with Crippen LogP contribution in [0.4, 0.5) is 4.79 Å². The largest absolute Gasteiger partial charge is 0.489 e. The molecule has 0 radical (unpaired) electrons. The van der Waals surface area contributed by atoms with Crippen molar-refractivity contribution in [2.45, 2.75) is 46.1 Å². The van der Waals surface area contributed by atoms with E-state index in [2.05, 4.69) is 12.3 Å². The van der Waals surface area contributed by atoms with Crippen LogP contribution in [0.15, 0.2) is 30.5 Å². The molecule has 5 heteroatoms. The minimum absolute atomic E-state index is 0.0490. The van der Waals surface area contributed by atoms with Crippen molar-refractivity contribution in [3.8, 4) is 5.75 Å². The van der Waals surface area contributed by atoms with Crippen LogP contribution in [-0.4, -0.2) is 55.2 Å². The van der Waals surface area contributed by atoms with Crippen LogP contribution in [0.1, 0.15) is 44.2 Å². The molecule has 1 aromatic rings. The molecule has 0 unspecified atom stereocenters. The van der Waals surface area contributed by atoms with Crippen LogP contribution < -0.4 is 4.74 Å². The van der Waals surface area contributed by atoms with Gasteiger partial charge in [0.25, 0.3) is 0 Å². The molecular formula is C22H32N2O3. The third kappa shape index (κ3) is 5.08. The van der Waals surface area contributed by atoms with Crippen molar-refractivity contribution in [2.75, 3.05) is 33.3 Å². The number of rotatable bonds is 4. The van der Waals surface area contributed by atoms with Crippen LogP contribution in [-0.2, 0) is 4.74 Å². The predicted octanol–water partition coefficient (Wildman–Crippen LogP) is 4.46. The summed E-state index contributed by atoms with van der Waals surface area (Å²) in [5.74, 6) is 1.47. The molecule has 0 N–H and O–H groups in total. The molecule has 2 heterocycles. The Bertz CT molecular complexity index is 689. The molecule has 1 aromatic carbocycles. The van der Waals surface area contributed by atoms with Crippen molar-refractivity contribution < 1.29 is 14.3 Å². The van der Waals surface area contributed by atoms with Crippen LogP contribution in [0.5, 0.6) is 5.75 Å². The number of likely N-dealkylation sites (tertiary alicyclic amines) is 2. The minimum atomic E-state index is 0.0490. The summed E-state index contributed by atoms with van der Waals surface area (Å²) >= 11 is 0. The molecule has 2 aliphatic rings. The number of urea groups is 1. The van der Waals surface area contributed by atoms with E-state index in [1.165, 1.54) is 0 Å². The van der Waals surface area contributed by atoms with E-state index in [9.17, 15) is 4.79 Å².